The van der Waals surface area contributed by atoms with Gasteiger partial charge in [0.25, 0.3) is 0 Å². The molecule has 2 atom stereocenters. The average molecular weight is 224 g/mol. The van der Waals surface area contributed by atoms with Gasteiger partial charge < -0.3 is 5.11 Å². The van der Waals surface area contributed by atoms with Crippen LogP contribution in [0.3, 0.4) is 0 Å². The van der Waals surface area contributed by atoms with Crippen LogP contribution in [-0.4, -0.2) is 59.8 Å². The first kappa shape index (κ1) is 12.1. The van der Waals surface area contributed by atoms with Gasteiger partial charge in [0.05, 0.1) is 6.61 Å². The fourth-order valence-electron chi connectivity index (χ4n) is 3.12. The van der Waals surface area contributed by atoms with Crippen LogP contribution in [0.15, 0.2) is 12.7 Å². The maximum absolute atomic E-state index is 9.31. The first-order valence-corrected chi connectivity index (χ1v) is 6.55. The fraction of sp³-hybridized carbons (Fsp3) is 0.846. The van der Waals surface area contributed by atoms with Gasteiger partial charge in [0.2, 0.25) is 0 Å². The van der Waals surface area contributed by atoms with Crippen molar-refractivity contribution in [3.05, 3.63) is 12.7 Å². The highest BCUT2D eigenvalue weighted by Gasteiger charge is 2.30. The van der Waals surface area contributed by atoms with E-state index >= 15 is 0 Å². The van der Waals surface area contributed by atoms with Gasteiger partial charge in [-0.2, -0.15) is 0 Å². The standard InChI is InChI=1S/C13H24N2O/c1-2-7-14-8-3-5-12(14)10-15-9-4-6-13(15)11-16/h2,12-13,16H,1,3-11H2. The maximum Gasteiger partial charge on any atom is 0.0586 e. The average Bonchev–Trinajstić information content (AvgIpc) is 2.89. The fourth-order valence-corrected chi connectivity index (χ4v) is 3.12. The van der Waals surface area contributed by atoms with E-state index in [4.69, 9.17) is 0 Å². The normalized spacial score (nSPS) is 32.3. The lowest BCUT2D eigenvalue weighted by molar-refractivity contribution is 0.126. The van der Waals surface area contributed by atoms with Crippen LogP contribution in [0.4, 0.5) is 0 Å². The lowest BCUT2D eigenvalue weighted by Gasteiger charge is -2.30. The Bertz CT molecular complexity index is 232. The van der Waals surface area contributed by atoms with E-state index in [2.05, 4.69) is 16.4 Å². The van der Waals surface area contributed by atoms with Crippen molar-refractivity contribution in [1.82, 2.24) is 9.80 Å². The molecule has 0 saturated carbocycles. The highest BCUT2D eigenvalue weighted by Crippen LogP contribution is 2.22. The summed E-state index contributed by atoms with van der Waals surface area (Å²) in [7, 11) is 0. The minimum absolute atomic E-state index is 0.328. The van der Waals surface area contributed by atoms with Gasteiger partial charge in [-0.15, -0.1) is 6.58 Å². The minimum atomic E-state index is 0.328. The van der Waals surface area contributed by atoms with Crippen LogP contribution in [0.25, 0.3) is 0 Å². The van der Waals surface area contributed by atoms with E-state index in [9.17, 15) is 5.11 Å². The molecule has 3 nitrogen and oxygen atoms in total. The lowest BCUT2D eigenvalue weighted by Crippen LogP contribution is -2.43. The molecule has 0 aromatic rings. The van der Waals surface area contributed by atoms with Gasteiger partial charge in [-0.1, -0.05) is 6.08 Å². The van der Waals surface area contributed by atoms with E-state index in [1.807, 2.05) is 6.08 Å². The zero-order chi connectivity index (χ0) is 11.4. The first-order chi connectivity index (χ1) is 7.85. The summed E-state index contributed by atoms with van der Waals surface area (Å²) in [5, 5.41) is 9.31. The molecule has 2 fully saturated rings. The summed E-state index contributed by atoms with van der Waals surface area (Å²) in [5.41, 5.74) is 0. The van der Waals surface area contributed by atoms with Gasteiger partial charge in [0.1, 0.15) is 0 Å². The van der Waals surface area contributed by atoms with Crippen molar-refractivity contribution in [1.29, 1.82) is 0 Å². The molecule has 2 saturated heterocycles. The third kappa shape index (κ3) is 2.65. The lowest BCUT2D eigenvalue weighted by atomic mass is 10.2. The second-order valence-electron chi connectivity index (χ2n) is 5.05. The SMILES string of the molecule is C=CCN1CCCC1CN1CCCC1CO. The quantitative estimate of drug-likeness (QED) is 0.708. The van der Waals surface area contributed by atoms with E-state index in [1.54, 1.807) is 0 Å². The molecule has 2 aliphatic rings. The number of hydrogen-bond acceptors (Lipinski definition) is 3. The Morgan fingerprint density at radius 3 is 2.50 bits per heavy atom. The van der Waals surface area contributed by atoms with Crippen LogP contribution in [0.5, 0.6) is 0 Å². The Balaban J connectivity index is 1.85. The van der Waals surface area contributed by atoms with Crippen molar-refractivity contribution in [2.75, 3.05) is 32.8 Å². The third-order valence-corrected chi connectivity index (χ3v) is 4.02. The zero-order valence-corrected chi connectivity index (χ0v) is 10.1. The predicted molar refractivity (Wildman–Crippen MR) is 66.5 cm³/mol. The van der Waals surface area contributed by atoms with Crippen LogP contribution in [0, 0.1) is 0 Å². The van der Waals surface area contributed by atoms with Crippen molar-refractivity contribution in [2.24, 2.45) is 0 Å². The number of hydrogen-bond donors (Lipinski definition) is 1. The highest BCUT2D eigenvalue weighted by atomic mass is 16.3. The van der Waals surface area contributed by atoms with Crippen molar-refractivity contribution in [3.8, 4) is 0 Å². The second-order valence-corrected chi connectivity index (χ2v) is 5.05. The van der Waals surface area contributed by atoms with Crippen LogP contribution < -0.4 is 0 Å². The number of nitrogens with zero attached hydrogens (tertiary/aromatic N) is 2. The Hall–Kier alpha value is -0.380. The van der Waals surface area contributed by atoms with Crippen molar-refractivity contribution in [3.63, 3.8) is 0 Å². The summed E-state index contributed by atoms with van der Waals surface area (Å²) >= 11 is 0. The predicted octanol–water partition coefficient (Wildman–Crippen LogP) is 1.09. The molecule has 0 aromatic heterocycles. The summed E-state index contributed by atoms with van der Waals surface area (Å²) in [6, 6.07) is 1.11. The van der Waals surface area contributed by atoms with E-state index in [1.165, 1.54) is 38.8 Å². The Morgan fingerprint density at radius 2 is 1.81 bits per heavy atom. The largest absolute Gasteiger partial charge is 0.395 e. The van der Waals surface area contributed by atoms with Gasteiger partial charge >= 0.3 is 0 Å². The summed E-state index contributed by atoms with van der Waals surface area (Å²) < 4.78 is 0. The van der Waals surface area contributed by atoms with E-state index in [-0.39, 0.29) is 0 Å². The van der Waals surface area contributed by atoms with Gasteiger partial charge in [-0.25, -0.2) is 0 Å². The van der Waals surface area contributed by atoms with Crippen LogP contribution >= 0.6 is 0 Å². The summed E-state index contributed by atoms with van der Waals surface area (Å²) in [6.07, 6.45) is 7.05. The van der Waals surface area contributed by atoms with Crippen LogP contribution in [0.1, 0.15) is 25.7 Å². The number of rotatable bonds is 5. The van der Waals surface area contributed by atoms with Gasteiger partial charge in [-0.05, 0) is 38.8 Å². The smallest absolute Gasteiger partial charge is 0.0586 e. The molecule has 3 heteroatoms. The van der Waals surface area contributed by atoms with Crippen molar-refractivity contribution < 1.29 is 5.11 Å². The molecule has 0 spiro atoms. The molecule has 16 heavy (non-hydrogen) atoms. The zero-order valence-electron chi connectivity index (χ0n) is 10.1. The molecule has 0 bridgehead atoms. The Kier molecular flexibility index (Phi) is 4.38. The van der Waals surface area contributed by atoms with E-state index < -0.39 is 0 Å². The second kappa shape index (κ2) is 5.80. The summed E-state index contributed by atoms with van der Waals surface area (Å²) in [4.78, 5) is 5.01. The number of aliphatic hydroxyl groups excluding tert-OH is 1. The molecule has 0 radical (unpaired) electrons. The van der Waals surface area contributed by atoms with Gasteiger partial charge in [0, 0.05) is 25.2 Å². The van der Waals surface area contributed by atoms with Crippen molar-refractivity contribution >= 4 is 0 Å². The van der Waals surface area contributed by atoms with Gasteiger partial charge in [0.15, 0.2) is 0 Å². The topological polar surface area (TPSA) is 26.7 Å². The van der Waals surface area contributed by atoms with Crippen LogP contribution in [0.2, 0.25) is 0 Å². The molecule has 2 unspecified atom stereocenters. The molecular formula is C13H24N2O. The monoisotopic (exact) mass is 224 g/mol. The van der Waals surface area contributed by atoms with Crippen LogP contribution in [-0.2, 0) is 0 Å². The molecule has 0 aliphatic carbocycles. The summed E-state index contributed by atoms with van der Waals surface area (Å²) in [5.74, 6) is 0. The van der Waals surface area contributed by atoms with Crippen molar-refractivity contribution in [2.45, 2.75) is 37.8 Å². The Labute approximate surface area is 98.7 Å². The van der Waals surface area contributed by atoms with Gasteiger partial charge in [-0.3, -0.25) is 9.80 Å². The Morgan fingerprint density at radius 1 is 1.12 bits per heavy atom. The molecule has 92 valence electrons. The number of aliphatic hydroxyl groups is 1. The van der Waals surface area contributed by atoms with E-state index in [0.717, 1.165) is 13.1 Å². The number of likely N-dealkylation sites (tertiary alicyclic amines) is 2. The maximum atomic E-state index is 9.31. The summed E-state index contributed by atoms with van der Waals surface area (Å²) in [6.45, 7) is 8.69. The highest BCUT2D eigenvalue weighted by molar-refractivity contribution is 4.89. The molecule has 2 rings (SSSR count). The van der Waals surface area contributed by atoms with E-state index in [0.29, 0.717) is 18.7 Å². The molecule has 2 aliphatic heterocycles. The first-order valence-electron chi connectivity index (χ1n) is 6.55. The molecule has 0 amide bonds. The third-order valence-electron chi connectivity index (χ3n) is 4.02. The molecule has 0 aromatic carbocycles. The molecule has 2 heterocycles. The molecular weight excluding hydrogens is 200 g/mol. The minimum Gasteiger partial charge on any atom is -0.395 e. The molecule has 1 N–H and O–H groups in total.